The highest BCUT2D eigenvalue weighted by Gasteiger charge is 2.41. The Morgan fingerprint density at radius 3 is 2.06 bits per heavy atom. The van der Waals surface area contributed by atoms with E-state index in [9.17, 15) is 4.79 Å². The number of hydrogen-bond donors (Lipinski definition) is 0. The van der Waals surface area contributed by atoms with Crippen LogP contribution in [-0.4, -0.2) is 13.9 Å². The lowest BCUT2D eigenvalue weighted by atomic mass is 10.1. The molecular formula is C15H32OSi. The van der Waals surface area contributed by atoms with E-state index in [0.717, 1.165) is 18.4 Å². The summed E-state index contributed by atoms with van der Waals surface area (Å²) < 4.78 is 0. The van der Waals surface area contributed by atoms with Crippen LogP contribution in [0, 0.1) is 0 Å². The lowest BCUT2D eigenvalue weighted by Gasteiger charge is -2.43. The van der Waals surface area contributed by atoms with Gasteiger partial charge in [-0.05, 0) is 23.9 Å². The topological polar surface area (TPSA) is 17.1 Å². The average Bonchev–Trinajstić information content (AvgIpc) is 2.15. The molecule has 0 saturated carbocycles. The first kappa shape index (κ1) is 16.9. The molecule has 17 heavy (non-hydrogen) atoms. The van der Waals surface area contributed by atoms with Crippen LogP contribution in [0.25, 0.3) is 0 Å². The normalized spacial score (nSPS) is 14.8. The lowest BCUT2D eigenvalue weighted by molar-refractivity contribution is -0.117. The Hall–Kier alpha value is -0.113. The minimum Gasteiger partial charge on any atom is -0.300 e. The van der Waals surface area contributed by atoms with Crippen molar-refractivity contribution in [1.29, 1.82) is 0 Å². The molecule has 0 aliphatic carbocycles. The van der Waals surface area contributed by atoms with E-state index in [-0.39, 0.29) is 0 Å². The summed E-state index contributed by atoms with van der Waals surface area (Å²) >= 11 is 0. The number of hydrogen-bond acceptors (Lipinski definition) is 1. The van der Waals surface area contributed by atoms with Gasteiger partial charge < -0.3 is 4.79 Å². The summed E-state index contributed by atoms with van der Waals surface area (Å²) in [6, 6.07) is 0. The van der Waals surface area contributed by atoms with E-state index < -0.39 is 8.07 Å². The fourth-order valence-corrected chi connectivity index (χ4v) is 5.32. The number of unbranched alkanes of at least 4 members (excludes halogenated alkanes) is 1. The second-order valence-corrected chi connectivity index (χ2v) is 12.8. The molecule has 1 nitrogen and oxygen atoms in total. The van der Waals surface area contributed by atoms with Gasteiger partial charge in [0, 0.05) is 6.42 Å². The van der Waals surface area contributed by atoms with Gasteiger partial charge >= 0.3 is 0 Å². The maximum atomic E-state index is 11.2. The molecule has 2 heteroatoms. The second kappa shape index (κ2) is 6.72. The first-order valence-corrected chi connectivity index (χ1v) is 10.2. The average molecular weight is 257 g/mol. The third kappa shape index (κ3) is 5.37. The quantitative estimate of drug-likeness (QED) is 0.555. The van der Waals surface area contributed by atoms with Gasteiger partial charge in [-0.2, -0.15) is 0 Å². The molecule has 0 radical (unpaired) electrons. The molecule has 0 amide bonds. The molecule has 0 rings (SSSR count). The Balaban J connectivity index is 4.71. The molecule has 0 bridgehead atoms. The van der Waals surface area contributed by atoms with Crippen molar-refractivity contribution in [3.8, 4) is 0 Å². The highest BCUT2D eigenvalue weighted by Crippen LogP contribution is 2.47. The molecule has 102 valence electrons. The van der Waals surface area contributed by atoms with Gasteiger partial charge in [-0.1, -0.05) is 60.1 Å². The van der Waals surface area contributed by atoms with Gasteiger partial charge in [0.2, 0.25) is 0 Å². The molecule has 0 aliphatic rings. The first-order chi connectivity index (χ1) is 7.63. The van der Waals surface area contributed by atoms with Crippen molar-refractivity contribution in [2.45, 2.75) is 90.4 Å². The summed E-state index contributed by atoms with van der Waals surface area (Å²) in [6.45, 7) is 16.1. The zero-order valence-electron chi connectivity index (χ0n) is 13.0. The number of carbonyl (C=O) groups is 1. The van der Waals surface area contributed by atoms with Crippen LogP contribution >= 0.6 is 0 Å². The Morgan fingerprint density at radius 2 is 1.71 bits per heavy atom. The summed E-state index contributed by atoms with van der Waals surface area (Å²) in [6.07, 6.45) is 5.80. The van der Waals surface area contributed by atoms with E-state index in [4.69, 9.17) is 0 Å². The molecule has 0 aromatic heterocycles. The van der Waals surface area contributed by atoms with E-state index in [1.807, 2.05) is 0 Å². The molecule has 0 saturated heterocycles. The lowest BCUT2D eigenvalue weighted by Crippen LogP contribution is -2.42. The van der Waals surface area contributed by atoms with Gasteiger partial charge in [-0.15, -0.1) is 0 Å². The number of rotatable bonds is 7. The largest absolute Gasteiger partial charge is 0.300 e. The van der Waals surface area contributed by atoms with Crippen LogP contribution in [0.5, 0.6) is 0 Å². The van der Waals surface area contributed by atoms with Crippen LogP contribution in [0.2, 0.25) is 23.7 Å². The second-order valence-electron chi connectivity index (χ2n) is 7.05. The smallest absolute Gasteiger partial charge is 0.129 e. The Kier molecular flexibility index (Phi) is 6.68. The van der Waals surface area contributed by atoms with Crippen molar-refractivity contribution in [2.75, 3.05) is 0 Å². The van der Waals surface area contributed by atoms with E-state index in [2.05, 4.69) is 40.8 Å². The molecule has 0 aliphatic heterocycles. The van der Waals surface area contributed by atoms with E-state index in [0.29, 0.717) is 10.8 Å². The maximum Gasteiger partial charge on any atom is 0.129 e. The van der Waals surface area contributed by atoms with Gasteiger partial charge in [0.1, 0.15) is 5.78 Å². The van der Waals surface area contributed by atoms with Crippen LogP contribution in [0.1, 0.15) is 66.7 Å². The minimum absolute atomic E-state index is 0.352. The van der Waals surface area contributed by atoms with Gasteiger partial charge in [-0.25, -0.2) is 0 Å². The summed E-state index contributed by atoms with van der Waals surface area (Å²) in [4.78, 5) is 11.2. The van der Waals surface area contributed by atoms with Crippen LogP contribution in [0.4, 0.5) is 0 Å². The van der Waals surface area contributed by atoms with Crippen LogP contribution in [0.3, 0.4) is 0 Å². The van der Waals surface area contributed by atoms with Crippen molar-refractivity contribution < 1.29 is 4.79 Å². The predicted molar refractivity (Wildman–Crippen MR) is 80.4 cm³/mol. The van der Waals surface area contributed by atoms with Crippen molar-refractivity contribution in [2.24, 2.45) is 0 Å². The summed E-state index contributed by atoms with van der Waals surface area (Å²) in [5.41, 5.74) is 0.798. The van der Waals surface area contributed by atoms with Gasteiger partial charge in [0.05, 0.1) is 8.07 Å². The van der Waals surface area contributed by atoms with E-state index in [1.165, 1.54) is 19.3 Å². The minimum atomic E-state index is -1.29. The van der Waals surface area contributed by atoms with Crippen molar-refractivity contribution in [3.05, 3.63) is 0 Å². The van der Waals surface area contributed by atoms with Gasteiger partial charge in [-0.3, -0.25) is 0 Å². The van der Waals surface area contributed by atoms with Gasteiger partial charge in [0.25, 0.3) is 0 Å². The van der Waals surface area contributed by atoms with Crippen LogP contribution in [0.15, 0.2) is 0 Å². The SMILES string of the molecule is CCCCC(CCC(C)=O)[Si](C)(C)C(C)(C)C. The standard InChI is InChI=1S/C15H32OSi/c1-8-9-10-14(12-11-13(2)16)17(6,7)15(3,4)5/h14H,8-12H2,1-7H3. The van der Waals surface area contributed by atoms with Crippen molar-refractivity contribution in [3.63, 3.8) is 0 Å². The summed E-state index contributed by atoms with van der Waals surface area (Å²) in [5.74, 6) is 0.352. The van der Waals surface area contributed by atoms with E-state index in [1.54, 1.807) is 6.92 Å². The Bertz CT molecular complexity index is 238. The van der Waals surface area contributed by atoms with Crippen molar-refractivity contribution in [1.82, 2.24) is 0 Å². The summed E-state index contributed by atoms with van der Waals surface area (Å²) in [5, 5.41) is 0.433. The summed E-state index contributed by atoms with van der Waals surface area (Å²) in [7, 11) is -1.29. The molecule has 1 atom stereocenters. The van der Waals surface area contributed by atoms with E-state index >= 15 is 0 Å². The van der Waals surface area contributed by atoms with Gasteiger partial charge in [0.15, 0.2) is 0 Å². The first-order valence-electron chi connectivity index (χ1n) is 7.12. The Morgan fingerprint density at radius 1 is 1.18 bits per heavy atom. The molecule has 1 unspecified atom stereocenters. The zero-order chi connectivity index (χ0) is 13.7. The molecule has 0 N–H and O–H groups in total. The van der Waals surface area contributed by atoms with Crippen molar-refractivity contribution >= 4 is 13.9 Å². The number of ketones is 1. The maximum absolute atomic E-state index is 11.2. The highest BCUT2D eigenvalue weighted by molar-refractivity contribution is 6.81. The third-order valence-corrected chi connectivity index (χ3v) is 11.2. The Labute approximate surface area is 109 Å². The molecule has 0 fully saturated rings. The number of carbonyl (C=O) groups excluding carboxylic acids is 1. The fraction of sp³-hybridized carbons (Fsp3) is 0.933. The number of Topliss-reactive ketones (excluding diaryl/α,β-unsaturated/α-hetero) is 1. The molecule has 0 heterocycles. The molecule has 0 spiro atoms. The van der Waals surface area contributed by atoms with Crippen LogP contribution in [-0.2, 0) is 4.79 Å². The van der Waals surface area contributed by atoms with Crippen LogP contribution < -0.4 is 0 Å². The third-order valence-electron chi connectivity index (χ3n) is 4.70. The molecule has 0 aromatic rings. The highest BCUT2D eigenvalue weighted by atomic mass is 28.3. The molecule has 0 aromatic carbocycles. The monoisotopic (exact) mass is 256 g/mol. The fourth-order valence-electron chi connectivity index (χ4n) is 2.31. The zero-order valence-corrected chi connectivity index (χ0v) is 14.0. The molecular weight excluding hydrogens is 224 g/mol. The predicted octanol–water partition coefficient (Wildman–Crippen LogP) is 5.42.